The van der Waals surface area contributed by atoms with E-state index in [2.05, 4.69) is 4.98 Å². The van der Waals surface area contributed by atoms with Crippen LogP contribution in [0.1, 0.15) is 12.7 Å². The summed E-state index contributed by atoms with van der Waals surface area (Å²) < 4.78 is 12.5. The molecule has 3 aromatic rings. The number of aromatic nitrogens is 2. The van der Waals surface area contributed by atoms with Gasteiger partial charge in [-0.15, -0.1) is 0 Å². The van der Waals surface area contributed by atoms with Crippen LogP contribution in [-0.2, 0) is 0 Å². The lowest BCUT2D eigenvalue weighted by Crippen LogP contribution is -2.22. The molecule has 0 aliphatic carbocycles. The number of allylic oxidation sites excluding steroid dienone is 1. The molecule has 0 radical (unpaired) electrons. The number of nitrogens with zero attached hydrogens (tertiary/aromatic N) is 2. The lowest BCUT2D eigenvalue weighted by molar-refractivity contribution is 0.363. The lowest BCUT2D eigenvalue weighted by Gasteiger charge is -2.12. The minimum atomic E-state index is -0.132. The van der Waals surface area contributed by atoms with Crippen molar-refractivity contribution in [1.82, 2.24) is 9.55 Å². The quantitative estimate of drug-likeness (QED) is 0.667. The Morgan fingerprint density at radius 1 is 1.16 bits per heavy atom. The van der Waals surface area contributed by atoms with E-state index < -0.39 is 0 Å². The molecule has 1 aromatic heterocycles. The highest BCUT2D eigenvalue weighted by Gasteiger charge is 2.11. The summed E-state index contributed by atoms with van der Waals surface area (Å²) >= 11 is 0. The third-order valence-electron chi connectivity index (χ3n) is 3.90. The minimum absolute atomic E-state index is 0.132. The summed E-state index contributed by atoms with van der Waals surface area (Å²) in [7, 11) is 1.60. The van der Waals surface area contributed by atoms with Gasteiger partial charge in [-0.3, -0.25) is 9.36 Å². The van der Waals surface area contributed by atoms with E-state index in [1.807, 2.05) is 62.4 Å². The second-order valence-corrected chi connectivity index (χ2v) is 5.56. The third-order valence-corrected chi connectivity index (χ3v) is 3.90. The number of hydrogen-bond acceptors (Lipinski definition) is 4. The van der Waals surface area contributed by atoms with Gasteiger partial charge in [-0.1, -0.05) is 18.2 Å². The molecule has 2 aromatic carbocycles. The van der Waals surface area contributed by atoms with Gasteiger partial charge in [-0.2, -0.15) is 0 Å². The monoisotopic (exact) mass is 336 g/mol. The van der Waals surface area contributed by atoms with Gasteiger partial charge < -0.3 is 9.47 Å². The van der Waals surface area contributed by atoms with Crippen molar-refractivity contribution < 1.29 is 9.47 Å². The van der Waals surface area contributed by atoms with Crippen LogP contribution in [0.25, 0.3) is 16.6 Å². The summed E-state index contributed by atoms with van der Waals surface area (Å²) in [6, 6.07) is 12.7. The summed E-state index contributed by atoms with van der Waals surface area (Å²) in [5.41, 5.74) is 1.24. The van der Waals surface area contributed by atoms with Gasteiger partial charge in [0.05, 0.1) is 23.7 Å². The molecule has 25 heavy (non-hydrogen) atoms. The highest BCUT2D eigenvalue weighted by atomic mass is 16.5. The number of hydrogen-bond donors (Lipinski definition) is 0. The highest BCUT2D eigenvalue weighted by molar-refractivity contribution is 5.79. The first-order valence-electron chi connectivity index (χ1n) is 8.06. The summed E-state index contributed by atoms with van der Waals surface area (Å²) in [6.45, 7) is 4.21. The van der Waals surface area contributed by atoms with E-state index in [1.54, 1.807) is 17.7 Å². The van der Waals surface area contributed by atoms with Crippen molar-refractivity contribution in [2.45, 2.75) is 13.8 Å². The smallest absolute Gasteiger partial charge is 0.266 e. The Bertz CT molecular complexity index is 990. The van der Waals surface area contributed by atoms with Crippen molar-refractivity contribution in [1.29, 1.82) is 0 Å². The largest absolute Gasteiger partial charge is 0.497 e. The van der Waals surface area contributed by atoms with E-state index in [4.69, 9.17) is 9.47 Å². The van der Waals surface area contributed by atoms with Crippen molar-refractivity contribution in [2.75, 3.05) is 13.7 Å². The van der Waals surface area contributed by atoms with Crippen LogP contribution in [0.4, 0.5) is 0 Å². The number of methoxy groups -OCH3 is 1. The van der Waals surface area contributed by atoms with Crippen LogP contribution in [0.5, 0.6) is 11.5 Å². The van der Waals surface area contributed by atoms with Gasteiger partial charge in [0.15, 0.2) is 0 Å². The Kier molecular flexibility index (Phi) is 4.84. The van der Waals surface area contributed by atoms with Gasteiger partial charge in [0.1, 0.15) is 23.9 Å². The number of ether oxygens (including phenoxy) is 2. The lowest BCUT2D eigenvalue weighted by atomic mass is 10.2. The summed E-state index contributed by atoms with van der Waals surface area (Å²) in [4.78, 5) is 17.6. The van der Waals surface area contributed by atoms with E-state index in [0.29, 0.717) is 34.8 Å². The Hall–Kier alpha value is -3.08. The van der Waals surface area contributed by atoms with Crippen LogP contribution in [0.15, 0.2) is 59.4 Å². The molecule has 0 bridgehead atoms. The van der Waals surface area contributed by atoms with Gasteiger partial charge in [0.2, 0.25) is 0 Å². The zero-order valence-electron chi connectivity index (χ0n) is 14.5. The van der Waals surface area contributed by atoms with E-state index in [-0.39, 0.29) is 5.56 Å². The average molecular weight is 336 g/mol. The van der Waals surface area contributed by atoms with Crippen molar-refractivity contribution in [2.24, 2.45) is 0 Å². The summed E-state index contributed by atoms with van der Waals surface area (Å²) in [5, 5.41) is 0.520. The number of fused-ring (bicyclic) bond motifs is 1. The van der Waals surface area contributed by atoms with Gasteiger partial charge in [0, 0.05) is 6.07 Å². The van der Waals surface area contributed by atoms with Gasteiger partial charge in [-0.05, 0) is 44.2 Å². The van der Waals surface area contributed by atoms with Crippen LogP contribution < -0.4 is 15.0 Å². The maximum atomic E-state index is 13.0. The number of rotatable bonds is 5. The molecule has 0 aliphatic heterocycles. The van der Waals surface area contributed by atoms with Crippen molar-refractivity contribution >= 4 is 10.9 Å². The Balaban J connectivity index is 2.14. The molecule has 3 rings (SSSR count). The second kappa shape index (κ2) is 7.21. The summed E-state index contributed by atoms with van der Waals surface area (Å²) in [5.74, 6) is 1.95. The minimum Gasteiger partial charge on any atom is -0.497 e. The molecule has 0 atom stereocenters. The maximum absolute atomic E-state index is 13.0. The van der Waals surface area contributed by atoms with Crippen LogP contribution in [0.2, 0.25) is 0 Å². The molecule has 5 heteroatoms. The topological polar surface area (TPSA) is 53.4 Å². The molecule has 5 nitrogen and oxygen atoms in total. The van der Waals surface area contributed by atoms with Crippen LogP contribution >= 0.6 is 0 Å². The number of aryl methyl sites for hydroxylation is 1. The van der Waals surface area contributed by atoms with E-state index in [9.17, 15) is 4.79 Å². The van der Waals surface area contributed by atoms with E-state index in [0.717, 1.165) is 5.69 Å². The van der Waals surface area contributed by atoms with Gasteiger partial charge in [0.25, 0.3) is 5.56 Å². The van der Waals surface area contributed by atoms with Crippen LogP contribution in [0.3, 0.4) is 0 Å². The molecule has 0 spiro atoms. The Morgan fingerprint density at radius 2 is 2.00 bits per heavy atom. The highest BCUT2D eigenvalue weighted by Crippen LogP contribution is 2.20. The molecule has 0 saturated carbocycles. The van der Waals surface area contributed by atoms with Gasteiger partial charge >= 0.3 is 0 Å². The molecular formula is C20H20N2O3. The predicted molar refractivity (Wildman–Crippen MR) is 98.9 cm³/mol. The second-order valence-electron chi connectivity index (χ2n) is 5.56. The van der Waals surface area contributed by atoms with Gasteiger partial charge in [-0.25, -0.2) is 4.98 Å². The number of benzene rings is 2. The molecule has 0 fully saturated rings. The molecule has 0 amide bonds. The van der Waals surface area contributed by atoms with Crippen molar-refractivity contribution in [3.63, 3.8) is 0 Å². The SMILES string of the molecule is CC=CCOc1ccc2nc(C)n(-c3cccc(OC)c3)c(=O)c2c1. The fraction of sp³-hybridized carbons (Fsp3) is 0.200. The van der Waals surface area contributed by atoms with Crippen LogP contribution in [0, 0.1) is 6.92 Å². The normalized spacial score (nSPS) is 11.2. The Labute approximate surface area is 146 Å². The Morgan fingerprint density at radius 3 is 2.76 bits per heavy atom. The van der Waals surface area contributed by atoms with Crippen molar-refractivity contribution in [3.05, 3.63) is 70.8 Å². The molecule has 0 saturated heterocycles. The predicted octanol–water partition coefficient (Wildman–Crippen LogP) is 3.66. The average Bonchev–Trinajstić information content (AvgIpc) is 2.62. The summed E-state index contributed by atoms with van der Waals surface area (Å²) in [6.07, 6.45) is 3.83. The zero-order chi connectivity index (χ0) is 17.8. The molecule has 0 aliphatic rings. The van der Waals surface area contributed by atoms with E-state index in [1.165, 1.54) is 0 Å². The van der Waals surface area contributed by atoms with Crippen molar-refractivity contribution in [3.8, 4) is 17.2 Å². The molecule has 0 unspecified atom stereocenters. The maximum Gasteiger partial charge on any atom is 0.266 e. The standard InChI is InChI=1S/C20H20N2O3/c1-4-5-11-25-17-9-10-19-18(13-17)20(23)22(14(2)21-19)15-7-6-8-16(12-15)24-3/h4-10,12-13H,11H2,1-3H3. The molecule has 1 heterocycles. The first-order valence-corrected chi connectivity index (χ1v) is 8.06. The van der Waals surface area contributed by atoms with Crippen LogP contribution in [-0.4, -0.2) is 23.3 Å². The zero-order valence-corrected chi connectivity index (χ0v) is 14.5. The first-order chi connectivity index (χ1) is 12.1. The first kappa shape index (κ1) is 16.8. The third kappa shape index (κ3) is 3.40. The fourth-order valence-corrected chi connectivity index (χ4v) is 2.66. The molecular weight excluding hydrogens is 316 g/mol. The fourth-order valence-electron chi connectivity index (χ4n) is 2.66. The molecule has 128 valence electrons. The van der Waals surface area contributed by atoms with E-state index >= 15 is 0 Å². The molecule has 0 N–H and O–H groups in total.